The zero-order valence-electron chi connectivity index (χ0n) is 16.7. The van der Waals surface area contributed by atoms with Crippen LogP contribution in [0.1, 0.15) is 104 Å². The molecule has 4 heteroatoms. The van der Waals surface area contributed by atoms with Crippen molar-refractivity contribution < 1.29 is 20.0 Å². The molecular weight excluding hydrogens is 314 g/mol. The van der Waals surface area contributed by atoms with Crippen molar-refractivity contribution in [2.75, 3.05) is 13.1 Å². The van der Waals surface area contributed by atoms with Crippen molar-refractivity contribution in [1.82, 2.24) is 0 Å². The maximum absolute atomic E-state index is 11.6. The van der Waals surface area contributed by atoms with E-state index < -0.39 is 4.81 Å². The molecule has 25 heavy (non-hydrogen) atoms. The van der Waals surface area contributed by atoms with Crippen molar-refractivity contribution in [2.24, 2.45) is 0 Å². The lowest BCUT2D eigenvalue weighted by Crippen LogP contribution is -2.44. The molecule has 0 aliphatic carbocycles. The molecule has 0 saturated carbocycles. The van der Waals surface area contributed by atoms with Gasteiger partial charge in [0.25, 0.3) is 0 Å². The van der Waals surface area contributed by atoms with Crippen LogP contribution in [0.5, 0.6) is 0 Å². The van der Waals surface area contributed by atoms with E-state index in [0.29, 0.717) is 6.42 Å². The highest BCUT2D eigenvalue weighted by Crippen LogP contribution is 2.10. The zero-order valence-corrected chi connectivity index (χ0v) is 16.7. The first-order chi connectivity index (χ1) is 12.0. The van der Waals surface area contributed by atoms with E-state index in [4.69, 9.17) is 0 Å². The molecule has 0 bridgehead atoms. The quantitative estimate of drug-likeness (QED) is 0.133. The Kier molecular flexibility index (Phi) is 16.3. The van der Waals surface area contributed by atoms with Gasteiger partial charge in [0.1, 0.15) is 6.54 Å². The van der Waals surface area contributed by atoms with Crippen LogP contribution in [0.3, 0.4) is 0 Å². The van der Waals surface area contributed by atoms with Crippen LogP contribution in [-0.2, 0) is 4.79 Å². The van der Waals surface area contributed by atoms with Crippen LogP contribution >= 0.6 is 0 Å². The van der Waals surface area contributed by atoms with Gasteiger partial charge in [-0.25, -0.2) is 0 Å². The van der Waals surface area contributed by atoms with Crippen molar-refractivity contribution in [1.29, 1.82) is 0 Å². The van der Waals surface area contributed by atoms with E-state index in [0.717, 1.165) is 19.3 Å². The maximum Gasteiger partial charge on any atom is 0.200 e. The minimum absolute atomic E-state index is 0.0653. The summed E-state index contributed by atoms with van der Waals surface area (Å²) in [7, 11) is 0. The Labute approximate surface area is 155 Å². The number of nitrogens with zero attached hydrogens (tertiary/aromatic N) is 1. The Morgan fingerprint density at radius 1 is 0.760 bits per heavy atom. The summed E-state index contributed by atoms with van der Waals surface area (Å²) in [5.41, 5.74) is 0. The fourth-order valence-electron chi connectivity index (χ4n) is 2.87. The predicted octanol–water partition coefficient (Wildman–Crippen LogP) is 6.21. The second kappa shape index (κ2) is 16.7. The highest BCUT2D eigenvalue weighted by molar-refractivity contribution is 5.79. The number of likely N-dealkylation sites (N-methyl/N-ethyl adjacent to an activating group) is 1. The van der Waals surface area contributed by atoms with Gasteiger partial charge in [-0.3, -0.25) is 4.79 Å². The van der Waals surface area contributed by atoms with Crippen LogP contribution in [0.2, 0.25) is 0 Å². The van der Waals surface area contributed by atoms with Crippen molar-refractivity contribution >= 4 is 5.78 Å². The topological polar surface area (TPSA) is 57.5 Å². The average Bonchev–Trinajstić information content (AvgIpc) is 2.58. The van der Waals surface area contributed by atoms with Crippen LogP contribution in [-0.4, -0.2) is 34.1 Å². The van der Waals surface area contributed by atoms with E-state index >= 15 is 0 Å². The summed E-state index contributed by atoms with van der Waals surface area (Å²) in [5.74, 6) is -0.0653. The number of allylic oxidation sites excluding steroid dienone is 2. The molecule has 4 nitrogen and oxygen atoms in total. The van der Waals surface area contributed by atoms with Gasteiger partial charge in [0.15, 0.2) is 12.3 Å². The highest BCUT2D eigenvalue weighted by Gasteiger charge is 2.23. The number of carbonyl (C=O) groups excluding carboxylic acids is 1. The Morgan fingerprint density at radius 2 is 1.24 bits per heavy atom. The van der Waals surface area contributed by atoms with Gasteiger partial charge in [-0.05, 0) is 43.8 Å². The van der Waals surface area contributed by atoms with E-state index in [9.17, 15) is 15.2 Å². The van der Waals surface area contributed by atoms with E-state index in [-0.39, 0.29) is 18.9 Å². The van der Waals surface area contributed by atoms with Crippen molar-refractivity contribution in [3.05, 3.63) is 12.2 Å². The Balaban J connectivity index is 3.30. The zero-order chi connectivity index (χ0) is 18.8. The van der Waals surface area contributed by atoms with Crippen molar-refractivity contribution in [3.63, 3.8) is 0 Å². The number of unbranched alkanes of at least 4 members (excludes halogenated alkanes) is 11. The summed E-state index contributed by atoms with van der Waals surface area (Å²) < 4.78 is 0. The second-order valence-corrected chi connectivity index (χ2v) is 7.23. The summed E-state index contributed by atoms with van der Waals surface area (Å²) in [6.45, 7) is 3.85. The first-order valence-electron chi connectivity index (χ1n) is 10.5. The average molecular weight is 357 g/mol. The first kappa shape index (κ1) is 24.3. The molecule has 148 valence electrons. The number of carbonyl (C=O) groups is 1. The molecule has 0 aliphatic rings. The maximum atomic E-state index is 11.6. The molecule has 0 saturated heterocycles. The van der Waals surface area contributed by atoms with E-state index in [1.807, 2.05) is 0 Å². The number of ketones is 1. The molecule has 0 aromatic heterocycles. The van der Waals surface area contributed by atoms with Gasteiger partial charge in [0, 0.05) is 6.42 Å². The predicted molar refractivity (Wildman–Crippen MR) is 104 cm³/mol. The summed E-state index contributed by atoms with van der Waals surface area (Å²) in [5, 5.41) is 18.8. The minimum Gasteiger partial charge on any atom is -0.293 e. The number of hydroxylamine groups is 4. The van der Waals surface area contributed by atoms with Crippen LogP contribution in [0.25, 0.3) is 0 Å². The normalized spacial score (nSPS) is 12.2. The minimum atomic E-state index is -1.18. The fourth-order valence-corrected chi connectivity index (χ4v) is 2.87. The van der Waals surface area contributed by atoms with E-state index in [2.05, 4.69) is 19.1 Å². The molecule has 0 atom stereocenters. The van der Waals surface area contributed by atoms with E-state index in [1.54, 1.807) is 6.92 Å². The Hall–Kier alpha value is -0.710. The van der Waals surface area contributed by atoms with E-state index in [1.165, 1.54) is 64.2 Å². The molecule has 0 fully saturated rings. The molecule has 0 amide bonds. The third-order valence-electron chi connectivity index (χ3n) is 4.65. The lowest BCUT2D eigenvalue weighted by Gasteiger charge is -2.18. The summed E-state index contributed by atoms with van der Waals surface area (Å²) in [4.78, 5) is 10.4. The Morgan fingerprint density at radius 3 is 1.76 bits per heavy atom. The highest BCUT2D eigenvalue weighted by atomic mass is 16.8. The smallest absolute Gasteiger partial charge is 0.200 e. The van der Waals surface area contributed by atoms with Crippen molar-refractivity contribution in [3.8, 4) is 0 Å². The van der Waals surface area contributed by atoms with Gasteiger partial charge in [-0.15, -0.1) is 0 Å². The number of rotatable bonds is 18. The van der Waals surface area contributed by atoms with Gasteiger partial charge in [0.2, 0.25) is 0 Å². The molecular formula is C21H42NO3+. The molecule has 0 radical (unpaired) electrons. The summed E-state index contributed by atoms with van der Waals surface area (Å²) in [6.07, 6.45) is 21.2. The fraction of sp³-hybridized carbons (Fsp3) is 0.857. The molecule has 0 aromatic carbocycles. The lowest BCUT2D eigenvalue weighted by atomic mass is 10.1. The van der Waals surface area contributed by atoms with Crippen LogP contribution in [0.4, 0.5) is 0 Å². The SMILES string of the molecule is CCCCCCCC/C=C\CCCCCCCC(=O)C[N+](O)(O)CC. The van der Waals surface area contributed by atoms with Crippen molar-refractivity contribution in [2.45, 2.75) is 104 Å². The van der Waals surface area contributed by atoms with Crippen LogP contribution < -0.4 is 0 Å². The van der Waals surface area contributed by atoms with Gasteiger partial charge in [0.05, 0.1) is 0 Å². The van der Waals surface area contributed by atoms with Gasteiger partial charge in [-0.2, -0.15) is 10.4 Å². The number of hydrogen-bond donors (Lipinski definition) is 2. The molecule has 2 N–H and O–H groups in total. The van der Waals surface area contributed by atoms with Gasteiger partial charge >= 0.3 is 0 Å². The number of hydrogen-bond acceptors (Lipinski definition) is 3. The van der Waals surface area contributed by atoms with Crippen LogP contribution in [0.15, 0.2) is 12.2 Å². The summed E-state index contributed by atoms with van der Waals surface area (Å²) >= 11 is 0. The van der Waals surface area contributed by atoms with Crippen LogP contribution in [0, 0.1) is 0 Å². The standard InChI is InChI=1S/C21H42NO3/c1-3-5-6-7-8-9-10-11-12-13-14-15-16-17-18-19-21(23)20-22(24,25)4-2/h11-12,24-25H,3-10,13-20H2,1-2H3/q+1/b12-11-. The van der Waals surface area contributed by atoms with Gasteiger partial charge in [-0.1, -0.05) is 70.4 Å². The first-order valence-corrected chi connectivity index (χ1v) is 10.5. The second-order valence-electron chi connectivity index (χ2n) is 7.23. The third kappa shape index (κ3) is 17.9. The Bertz CT molecular complexity index is 340. The molecule has 0 rings (SSSR count). The summed E-state index contributed by atoms with van der Waals surface area (Å²) in [6, 6.07) is 0. The lowest BCUT2D eigenvalue weighted by molar-refractivity contribution is -1.24. The number of quaternary nitrogens is 1. The largest absolute Gasteiger partial charge is 0.293 e. The molecule has 0 unspecified atom stereocenters. The number of Topliss-reactive ketones (excluding diaryl/α,β-unsaturated/α-hetero) is 1. The monoisotopic (exact) mass is 356 g/mol. The molecule has 0 aliphatic heterocycles. The molecule has 0 aromatic rings. The molecule has 0 spiro atoms. The molecule has 0 heterocycles. The third-order valence-corrected chi connectivity index (χ3v) is 4.65. The van der Waals surface area contributed by atoms with Gasteiger partial charge < -0.3 is 0 Å².